The van der Waals surface area contributed by atoms with E-state index in [0.717, 1.165) is 63.9 Å². The number of hydrogen-bond acceptors (Lipinski definition) is 4. The second-order valence-corrected chi connectivity index (χ2v) is 8.70. The van der Waals surface area contributed by atoms with E-state index < -0.39 is 0 Å². The Hall–Kier alpha value is -2.28. The van der Waals surface area contributed by atoms with E-state index in [1.807, 2.05) is 12.1 Å². The first kappa shape index (κ1) is 21.0. The lowest BCUT2D eigenvalue weighted by Crippen LogP contribution is -2.39. The molecule has 0 radical (unpaired) electrons. The summed E-state index contributed by atoms with van der Waals surface area (Å²) in [7, 11) is 0. The lowest BCUT2D eigenvalue weighted by atomic mass is 9.96. The minimum atomic E-state index is -0.193. The highest BCUT2D eigenvalue weighted by Crippen LogP contribution is 2.28. The molecule has 1 saturated carbocycles. The number of benzene rings is 1. The van der Waals surface area contributed by atoms with Gasteiger partial charge in [-0.1, -0.05) is 19.3 Å². The Bertz CT molecular complexity index is 736. The molecule has 2 heterocycles. The number of nitrogens with one attached hydrogen (secondary N) is 3. The summed E-state index contributed by atoms with van der Waals surface area (Å²) in [5, 5.41) is 9.03. The molecule has 1 aromatic rings. The summed E-state index contributed by atoms with van der Waals surface area (Å²) in [6, 6.07) is 5.71. The van der Waals surface area contributed by atoms with Crippen LogP contribution in [-0.2, 0) is 4.74 Å². The fourth-order valence-corrected chi connectivity index (χ4v) is 4.74. The van der Waals surface area contributed by atoms with Gasteiger partial charge in [0, 0.05) is 43.7 Å². The van der Waals surface area contributed by atoms with E-state index in [1.54, 1.807) is 6.07 Å². The van der Waals surface area contributed by atoms with Gasteiger partial charge in [0.1, 0.15) is 0 Å². The number of nitrogens with zero attached hydrogens (tertiary/aromatic N) is 1. The summed E-state index contributed by atoms with van der Waals surface area (Å²) in [4.78, 5) is 27.7. The number of rotatable bonds is 6. The third-order valence-electron chi connectivity index (χ3n) is 6.40. The summed E-state index contributed by atoms with van der Waals surface area (Å²) in [5.74, 6) is -0.108. The van der Waals surface area contributed by atoms with Crippen LogP contribution in [0.4, 0.5) is 16.2 Å². The predicted molar refractivity (Wildman–Crippen MR) is 118 cm³/mol. The Kier molecular flexibility index (Phi) is 7.10. The number of carbonyl (C=O) groups excluding carboxylic acids is 2. The highest BCUT2D eigenvalue weighted by molar-refractivity contribution is 6.02. The highest BCUT2D eigenvalue weighted by atomic mass is 16.5. The van der Waals surface area contributed by atoms with E-state index in [-0.39, 0.29) is 24.1 Å². The van der Waals surface area contributed by atoms with Crippen molar-refractivity contribution in [1.82, 2.24) is 10.6 Å². The number of anilines is 2. The monoisotopic (exact) mass is 414 g/mol. The van der Waals surface area contributed by atoms with E-state index in [0.29, 0.717) is 17.8 Å². The van der Waals surface area contributed by atoms with Gasteiger partial charge >= 0.3 is 6.03 Å². The zero-order chi connectivity index (χ0) is 20.8. The van der Waals surface area contributed by atoms with Crippen LogP contribution in [0.25, 0.3) is 0 Å². The molecule has 0 bridgehead atoms. The fourth-order valence-electron chi connectivity index (χ4n) is 4.74. The normalized spacial score (nSPS) is 22.1. The van der Waals surface area contributed by atoms with Gasteiger partial charge in [0.2, 0.25) is 0 Å². The molecule has 4 rings (SSSR count). The van der Waals surface area contributed by atoms with Gasteiger partial charge < -0.3 is 25.6 Å². The van der Waals surface area contributed by atoms with Gasteiger partial charge in [0.25, 0.3) is 5.91 Å². The molecule has 3 amide bonds. The van der Waals surface area contributed by atoms with Crippen LogP contribution in [0.1, 0.15) is 68.1 Å². The molecule has 30 heavy (non-hydrogen) atoms. The molecule has 3 aliphatic rings. The standard InChI is InChI=1S/C23H34N4O3/c28-22(24-16-19-9-6-14-30-19)20-15-18(10-11-21(20)27-12-4-5-13-27)26-23(29)25-17-7-2-1-3-8-17/h10-11,15,17,19H,1-9,12-14,16H2,(H,24,28)(H2,25,26,29)/t19-/m0/s1. The molecule has 1 aliphatic carbocycles. The molecule has 1 aromatic carbocycles. The number of hydrogen-bond donors (Lipinski definition) is 3. The molecule has 7 nitrogen and oxygen atoms in total. The number of carbonyl (C=O) groups is 2. The molecule has 2 saturated heterocycles. The predicted octanol–water partition coefficient (Wildman–Crippen LogP) is 3.65. The van der Waals surface area contributed by atoms with Crippen molar-refractivity contribution >= 4 is 23.3 Å². The smallest absolute Gasteiger partial charge is 0.319 e. The summed E-state index contributed by atoms with van der Waals surface area (Å²) < 4.78 is 5.63. The molecule has 164 valence electrons. The molecule has 0 aromatic heterocycles. The van der Waals surface area contributed by atoms with E-state index in [4.69, 9.17) is 4.74 Å². The van der Waals surface area contributed by atoms with Crippen molar-refractivity contribution in [2.24, 2.45) is 0 Å². The van der Waals surface area contributed by atoms with Crippen LogP contribution in [0.3, 0.4) is 0 Å². The first-order valence-electron chi connectivity index (χ1n) is 11.6. The third kappa shape index (κ3) is 5.45. The Morgan fingerprint density at radius 3 is 2.53 bits per heavy atom. The van der Waals surface area contributed by atoms with E-state index >= 15 is 0 Å². The van der Waals surface area contributed by atoms with Crippen molar-refractivity contribution < 1.29 is 14.3 Å². The Balaban J connectivity index is 1.43. The lowest BCUT2D eigenvalue weighted by Gasteiger charge is -2.24. The van der Waals surface area contributed by atoms with Crippen molar-refractivity contribution in [1.29, 1.82) is 0 Å². The van der Waals surface area contributed by atoms with Crippen LogP contribution in [0.15, 0.2) is 18.2 Å². The molecule has 0 unspecified atom stereocenters. The summed E-state index contributed by atoms with van der Waals surface area (Å²) >= 11 is 0. The van der Waals surface area contributed by atoms with Crippen LogP contribution in [0.5, 0.6) is 0 Å². The second kappa shape index (κ2) is 10.2. The van der Waals surface area contributed by atoms with Gasteiger partial charge in [0.15, 0.2) is 0 Å². The minimum Gasteiger partial charge on any atom is -0.376 e. The van der Waals surface area contributed by atoms with Crippen molar-refractivity contribution in [3.05, 3.63) is 23.8 Å². The molecule has 1 atom stereocenters. The SMILES string of the molecule is O=C(Nc1ccc(N2CCCC2)c(C(=O)NC[C@@H]2CCCO2)c1)NC1CCCCC1. The van der Waals surface area contributed by atoms with Gasteiger partial charge in [0.05, 0.1) is 11.7 Å². The van der Waals surface area contributed by atoms with Gasteiger partial charge in [-0.25, -0.2) is 4.79 Å². The molecule has 3 N–H and O–H groups in total. The number of urea groups is 1. The molecule has 7 heteroatoms. The quantitative estimate of drug-likeness (QED) is 0.664. The van der Waals surface area contributed by atoms with Crippen LogP contribution in [0, 0.1) is 0 Å². The molecular formula is C23H34N4O3. The minimum absolute atomic E-state index is 0.103. The van der Waals surface area contributed by atoms with Crippen molar-refractivity contribution in [3.63, 3.8) is 0 Å². The topological polar surface area (TPSA) is 82.7 Å². The van der Waals surface area contributed by atoms with Crippen molar-refractivity contribution in [2.45, 2.75) is 69.9 Å². The van der Waals surface area contributed by atoms with Crippen LogP contribution < -0.4 is 20.9 Å². The maximum atomic E-state index is 13.0. The number of amides is 3. The molecule has 2 aliphatic heterocycles. The van der Waals surface area contributed by atoms with Gasteiger partial charge in [-0.15, -0.1) is 0 Å². The third-order valence-corrected chi connectivity index (χ3v) is 6.40. The van der Waals surface area contributed by atoms with Crippen molar-refractivity contribution in [2.75, 3.05) is 36.5 Å². The fraction of sp³-hybridized carbons (Fsp3) is 0.652. The first-order chi connectivity index (χ1) is 14.7. The largest absolute Gasteiger partial charge is 0.376 e. The highest BCUT2D eigenvalue weighted by Gasteiger charge is 2.23. The second-order valence-electron chi connectivity index (χ2n) is 8.70. The average molecular weight is 415 g/mol. The van der Waals surface area contributed by atoms with Crippen molar-refractivity contribution in [3.8, 4) is 0 Å². The van der Waals surface area contributed by atoms with E-state index in [1.165, 1.54) is 19.3 Å². The number of ether oxygens (including phenoxy) is 1. The van der Waals surface area contributed by atoms with Gasteiger partial charge in [-0.2, -0.15) is 0 Å². The van der Waals surface area contributed by atoms with Gasteiger partial charge in [-0.3, -0.25) is 4.79 Å². The van der Waals surface area contributed by atoms with E-state index in [9.17, 15) is 9.59 Å². The van der Waals surface area contributed by atoms with Crippen LogP contribution >= 0.6 is 0 Å². The van der Waals surface area contributed by atoms with Crippen LogP contribution in [0.2, 0.25) is 0 Å². The summed E-state index contributed by atoms with van der Waals surface area (Å²) in [5.41, 5.74) is 2.20. The first-order valence-corrected chi connectivity index (χ1v) is 11.6. The molecule has 0 spiro atoms. The zero-order valence-corrected chi connectivity index (χ0v) is 17.8. The van der Waals surface area contributed by atoms with E-state index in [2.05, 4.69) is 20.9 Å². The average Bonchev–Trinajstić information content (AvgIpc) is 3.47. The Morgan fingerprint density at radius 2 is 1.80 bits per heavy atom. The summed E-state index contributed by atoms with van der Waals surface area (Å²) in [6.07, 6.45) is 10.1. The lowest BCUT2D eigenvalue weighted by molar-refractivity contribution is 0.0858. The Morgan fingerprint density at radius 1 is 1.00 bits per heavy atom. The Labute approximate surface area is 178 Å². The maximum absolute atomic E-state index is 13.0. The zero-order valence-electron chi connectivity index (χ0n) is 17.8. The maximum Gasteiger partial charge on any atom is 0.319 e. The molecule has 3 fully saturated rings. The van der Waals surface area contributed by atoms with Crippen LogP contribution in [-0.4, -0.2) is 50.3 Å². The van der Waals surface area contributed by atoms with Gasteiger partial charge in [-0.05, 0) is 56.7 Å². The molecular weight excluding hydrogens is 380 g/mol. The summed E-state index contributed by atoms with van der Waals surface area (Å²) in [6.45, 7) is 3.22.